The van der Waals surface area contributed by atoms with Crippen LogP contribution in [0.4, 0.5) is 0 Å². The molecule has 0 bridgehead atoms. The Labute approximate surface area is 128 Å². The quantitative estimate of drug-likeness (QED) is 0.842. The van der Waals surface area contributed by atoms with Crippen LogP contribution in [0.25, 0.3) is 11.4 Å². The minimum atomic E-state index is -3.45. The van der Waals surface area contributed by atoms with Gasteiger partial charge in [0.2, 0.25) is 10.0 Å². The van der Waals surface area contributed by atoms with E-state index in [9.17, 15) is 8.42 Å². The Bertz CT molecular complexity index is 756. The largest absolute Gasteiger partial charge is 0.491 e. The molecule has 0 saturated heterocycles. The number of imidazole rings is 1. The molecule has 0 atom stereocenters. The first-order valence-corrected chi connectivity index (χ1v) is 8.35. The second kappa shape index (κ2) is 5.95. The van der Waals surface area contributed by atoms with E-state index in [0.717, 1.165) is 10.2 Å². The lowest BCUT2D eigenvalue weighted by Crippen LogP contribution is -2.10. The van der Waals surface area contributed by atoms with E-state index in [4.69, 9.17) is 21.1 Å². The molecule has 1 heterocycles. The van der Waals surface area contributed by atoms with Gasteiger partial charge in [-0.1, -0.05) is 11.6 Å². The third-order valence-electron chi connectivity index (χ3n) is 2.74. The van der Waals surface area contributed by atoms with Gasteiger partial charge < -0.3 is 9.47 Å². The van der Waals surface area contributed by atoms with Crippen molar-refractivity contribution >= 4 is 21.6 Å². The molecule has 1 aromatic heterocycles. The summed E-state index contributed by atoms with van der Waals surface area (Å²) in [7, 11) is -1.97. The molecule has 6 nitrogen and oxygen atoms in total. The van der Waals surface area contributed by atoms with E-state index in [1.54, 1.807) is 12.1 Å². The molecular weight excluding hydrogens is 316 g/mol. The number of ether oxygens (including phenoxy) is 2. The summed E-state index contributed by atoms with van der Waals surface area (Å²) in [5, 5.41) is 0.321. The van der Waals surface area contributed by atoms with Crippen molar-refractivity contribution in [3.63, 3.8) is 0 Å². The maximum atomic E-state index is 11.7. The van der Waals surface area contributed by atoms with Gasteiger partial charge in [0.15, 0.2) is 17.3 Å². The van der Waals surface area contributed by atoms with E-state index >= 15 is 0 Å². The van der Waals surface area contributed by atoms with Crippen molar-refractivity contribution in [2.75, 3.05) is 20.0 Å². The van der Waals surface area contributed by atoms with Gasteiger partial charge in [0.25, 0.3) is 0 Å². The minimum Gasteiger partial charge on any atom is -0.491 e. The number of halogens is 1. The predicted molar refractivity (Wildman–Crippen MR) is 80.6 cm³/mol. The Balaban J connectivity index is 2.63. The first kappa shape index (κ1) is 15.7. The highest BCUT2D eigenvalue weighted by Gasteiger charge is 2.18. The average Bonchev–Trinajstić information content (AvgIpc) is 2.87. The van der Waals surface area contributed by atoms with E-state index in [0.29, 0.717) is 28.7 Å². The molecule has 0 aliphatic rings. The van der Waals surface area contributed by atoms with E-state index < -0.39 is 10.0 Å². The zero-order valence-corrected chi connectivity index (χ0v) is 13.4. The van der Waals surface area contributed by atoms with Crippen molar-refractivity contribution in [1.29, 1.82) is 0 Å². The minimum absolute atomic E-state index is 0.267. The van der Waals surface area contributed by atoms with Crippen molar-refractivity contribution < 1.29 is 17.9 Å². The van der Waals surface area contributed by atoms with Crippen LogP contribution in [0.5, 0.6) is 11.5 Å². The third kappa shape index (κ3) is 3.14. The molecule has 1 aromatic carbocycles. The number of nitrogens with zero attached hydrogens (tertiary/aromatic N) is 2. The van der Waals surface area contributed by atoms with Crippen LogP contribution in [0.15, 0.2) is 24.5 Å². The summed E-state index contributed by atoms with van der Waals surface area (Å²) in [6, 6.07) is 3.24. The fourth-order valence-electron chi connectivity index (χ4n) is 1.92. The monoisotopic (exact) mass is 330 g/mol. The second-order valence-electron chi connectivity index (χ2n) is 4.23. The van der Waals surface area contributed by atoms with E-state index in [2.05, 4.69) is 4.98 Å². The highest BCUT2D eigenvalue weighted by molar-refractivity contribution is 7.89. The molecule has 0 amide bonds. The van der Waals surface area contributed by atoms with Crippen LogP contribution in [-0.2, 0) is 10.0 Å². The Hall–Kier alpha value is -1.73. The van der Waals surface area contributed by atoms with Gasteiger partial charge >= 0.3 is 0 Å². The zero-order valence-electron chi connectivity index (χ0n) is 11.8. The molecule has 0 aliphatic carbocycles. The highest BCUT2D eigenvalue weighted by atomic mass is 35.5. The molecule has 0 unspecified atom stereocenters. The average molecular weight is 331 g/mol. The van der Waals surface area contributed by atoms with Gasteiger partial charge in [0.05, 0.1) is 25.0 Å². The lowest BCUT2D eigenvalue weighted by Gasteiger charge is -2.13. The first-order valence-electron chi connectivity index (χ1n) is 6.13. The Morgan fingerprint density at radius 3 is 2.67 bits per heavy atom. The van der Waals surface area contributed by atoms with Crippen molar-refractivity contribution in [1.82, 2.24) is 8.96 Å². The molecule has 8 heteroatoms. The number of hydrogen-bond acceptors (Lipinski definition) is 5. The summed E-state index contributed by atoms with van der Waals surface area (Å²) >= 11 is 6.16. The Kier molecular flexibility index (Phi) is 4.43. The molecule has 21 heavy (non-hydrogen) atoms. The lowest BCUT2D eigenvalue weighted by atomic mass is 10.2. The summed E-state index contributed by atoms with van der Waals surface area (Å²) in [4.78, 5) is 4.08. The third-order valence-corrected chi connectivity index (χ3v) is 4.03. The fourth-order valence-corrected chi connectivity index (χ4v) is 2.95. The van der Waals surface area contributed by atoms with Gasteiger partial charge in [-0.3, -0.25) is 0 Å². The van der Waals surface area contributed by atoms with Gasteiger partial charge in [-0.15, -0.1) is 0 Å². The van der Waals surface area contributed by atoms with E-state index in [-0.39, 0.29) is 5.82 Å². The number of rotatable bonds is 5. The van der Waals surface area contributed by atoms with Crippen molar-refractivity contribution in [3.8, 4) is 22.9 Å². The molecule has 0 aliphatic heterocycles. The summed E-state index contributed by atoms with van der Waals surface area (Å²) in [5.74, 6) is 1.10. The normalized spacial score (nSPS) is 11.4. The van der Waals surface area contributed by atoms with Gasteiger partial charge in [-0.05, 0) is 19.1 Å². The highest BCUT2D eigenvalue weighted by Crippen LogP contribution is 2.39. The van der Waals surface area contributed by atoms with Crippen LogP contribution < -0.4 is 9.47 Å². The topological polar surface area (TPSA) is 70.4 Å². The molecule has 2 rings (SSSR count). The summed E-state index contributed by atoms with van der Waals surface area (Å²) in [5.41, 5.74) is 0.527. The first-order chi connectivity index (χ1) is 9.88. The van der Waals surface area contributed by atoms with Crippen LogP contribution in [-0.4, -0.2) is 37.3 Å². The van der Waals surface area contributed by atoms with Crippen LogP contribution in [0.3, 0.4) is 0 Å². The molecule has 114 valence electrons. The van der Waals surface area contributed by atoms with Crippen LogP contribution in [0.1, 0.15) is 6.92 Å². The summed E-state index contributed by atoms with van der Waals surface area (Å²) < 4.78 is 35.2. The number of aromatic nitrogens is 2. The second-order valence-corrected chi connectivity index (χ2v) is 6.50. The number of benzene rings is 1. The van der Waals surface area contributed by atoms with Crippen molar-refractivity contribution in [2.24, 2.45) is 0 Å². The van der Waals surface area contributed by atoms with Crippen LogP contribution in [0.2, 0.25) is 5.02 Å². The molecule has 0 fully saturated rings. The molecule has 2 aromatic rings. The van der Waals surface area contributed by atoms with Crippen molar-refractivity contribution in [3.05, 3.63) is 29.5 Å². The molecule has 0 radical (unpaired) electrons. The smallest absolute Gasteiger partial charge is 0.237 e. The molecular formula is C13H15ClN2O4S. The zero-order chi connectivity index (χ0) is 15.6. The maximum Gasteiger partial charge on any atom is 0.237 e. The number of hydrogen-bond donors (Lipinski definition) is 0. The SMILES string of the molecule is CCOc1cc(-c2nccn2S(C)(=O)=O)cc(Cl)c1OC. The number of methoxy groups -OCH3 is 1. The lowest BCUT2D eigenvalue weighted by molar-refractivity contribution is 0.311. The molecule has 0 spiro atoms. The fraction of sp³-hybridized carbons (Fsp3) is 0.308. The van der Waals surface area contributed by atoms with Gasteiger partial charge in [0, 0.05) is 18.0 Å². The maximum absolute atomic E-state index is 11.7. The van der Waals surface area contributed by atoms with Gasteiger partial charge in [0.1, 0.15) is 0 Å². The van der Waals surface area contributed by atoms with E-state index in [1.165, 1.54) is 19.5 Å². The standard InChI is InChI=1S/C13H15ClN2O4S/c1-4-20-11-8-9(7-10(14)12(11)19-2)13-15-5-6-16(13)21(3,17)18/h5-8H,4H2,1-3H3. The van der Waals surface area contributed by atoms with E-state index in [1.807, 2.05) is 6.92 Å². The van der Waals surface area contributed by atoms with Gasteiger partial charge in [-0.2, -0.15) is 0 Å². The summed E-state index contributed by atoms with van der Waals surface area (Å²) in [6.07, 6.45) is 3.89. The van der Waals surface area contributed by atoms with Crippen LogP contribution in [0, 0.1) is 0 Å². The Morgan fingerprint density at radius 1 is 1.38 bits per heavy atom. The molecule has 0 N–H and O–H groups in total. The van der Waals surface area contributed by atoms with Crippen molar-refractivity contribution in [2.45, 2.75) is 6.92 Å². The summed E-state index contributed by atoms with van der Waals surface area (Å²) in [6.45, 7) is 2.26. The van der Waals surface area contributed by atoms with Gasteiger partial charge in [-0.25, -0.2) is 17.4 Å². The predicted octanol–water partition coefficient (Wildman–Crippen LogP) is 2.42. The molecule has 0 saturated carbocycles. The Morgan fingerprint density at radius 2 is 2.10 bits per heavy atom. The van der Waals surface area contributed by atoms with Crippen LogP contribution >= 0.6 is 11.6 Å².